The highest BCUT2D eigenvalue weighted by atomic mass is 16.2. The van der Waals surface area contributed by atoms with Crippen LogP contribution in [0.3, 0.4) is 0 Å². The molecule has 0 atom stereocenters. The van der Waals surface area contributed by atoms with Crippen LogP contribution in [0.1, 0.15) is 5.69 Å². The molecule has 1 amide bonds. The van der Waals surface area contributed by atoms with Crippen LogP contribution in [0, 0.1) is 0 Å². The highest BCUT2D eigenvalue weighted by Gasteiger charge is 2.21. The molecule has 6 nitrogen and oxygen atoms in total. The minimum Gasteiger partial charge on any atom is -0.348 e. The summed E-state index contributed by atoms with van der Waals surface area (Å²) >= 11 is 0. The number of fused-ring (bicyclic) bond motifs is 2. The minimum absolute atomic E-state index is 0.0816. The number of carbonyl (C=O) groups is 1. The number of amides is 1. The molecule has 0 N–H and O–H groups in total. The van der Waals surface area contributed by atoms with E-state index in [4.69, 9.17) is 0 Å². The number of aromatic nitrogens is 4. The average Bonchev–Trinajstić information content (AvgIpc) is 3.13. The number of nitrogens with zero attached hydrogens (tertiary/aromatic N) is 5. The van der Waals surface area contributed by atoms with Gasteiger partial charge in [-0.15, -0.1) is 5.10 Å². The van der Waals surface area contributed by atoms with Gasteiger partial charge in [-0.25, -0.2) is 4.68 Å². The molecule has 1 aliphatic rings. The SMILES string of the molecule is O=C(Cn1nnc2ccccc21)N1CCn2cccc2C1. The predicted molar refractivity (Wildman–Crippen MR) is 77.4 cm³/mol. The van der Waals surface area contributed by atoms with Gasteiger partial charge in [0.2, 0.25) is 5.91 Å². The third-order valence-electron chi connectivity index (χ3n) is 3.95. The molecule has 0 unspecified atom stereocenters. The molecule has 0 radical (unpaired) electrons. The highest BCUT2D eigenvalue weighted by molar-refractivity contribution is 5.79. The lowest BCUT2D eigenvalue weighted by molar-refractivity contribution is -0.133. The summed E-state index contributed by atoms with van der Waals surface area (Å²) in [6.07, 6.45) is 2.06. The van der Waals surface area contributed by atoms with Crippen molar-refractivity contribution in [2.75, 3.05) is 6.54 Å². The van der Waals surface area contributed by atoms with Crippen molar-refractivity contribution >= 4 is 16.9 Å². The van der Waals surface area contributed by atoms with Gasteiger partial charge in [-0.3, -0.25) is 4.79 Å². The Hall–Kier alpha value is -2.63. The van der Waals surface area contributed by atoms with Crippen LogP contribution in [-0.2, 0) is 24.4 Å². The maximum absolute atomic E-state index is 12.5. The van der Waals surface area contributed by atoms with Crippen molar-refractivity contribution in [1.82, 2.24) is 24.5 Å². The summed E-state index contributed by atoms with van der Waals surface area (Å²) in [6.45, 7) is 2.50. The smallest absolute Gasteiger partial charge is 0.244 e. The lowest BCUT2D eigenvalue weighted by Gasteiger charge is -2.28. The summed E-state index contributed by atoms with van der Waals surface area (Å²) in [6, 6.07) is 11.8. The fourth-order valence-electron chi connectivity index (χ4n) is 2.79. The van der Waals surface area contributed by atoms with Gasteiger partial charge in [-0.05, 0) is 24.3 Å². The zero-order valence-electron chi connectivity index (χ0n) is 11.5. The Bertz CT molecular complexity index is 803. The number of para-hydroxylation sites is 1. The lowest BCUT2D eigenvalue weighted by atomic mass is 10.3. The molecule has 1 aliphatic heterocycles. The number of hydrogen-bond acceptors (Lipinski definition) is 3. The van der Waals surface area contributed by atoms with Crippen molar-refractivity contribution < 1.29 is 4.79 Å². The zero-order chi connectivity index (χ0) is 14.2. The largest absolute Gasteiger partial charge is 0.348 e. The van der Waals surface area contributed by atoms with Crippen LogP contribution in [0.2, 0.25) is 0 Å². The highest BCUT2D eigenvalue weighted by Crippen LogP contribution is 2.14. The van der Waals surface area contributed by atoms with E-state index < -0.39 is 0 Å². The first-order chi connectivity index (χ1) is 10.3. The van der Waals surface area contributed by atoms with Gasteiger partial charge in [0.05, 0.1) is 12.1 Å². The Kier molecular flexibility index (Phi) is 2.73. The molecule has 1 aromatic carbocycles. The molecule has 21 heavy (non-hydrogen) atoms. The second-order valence-corrected chi connectivity index (χ2v) is 5.24. The molecule has 106 valence electrons. The van der Waals surface area contributed by atoms with E-state index >= 15 is 0 Å². The third-order valence-corrected chi connectivity index (χ3v) is 3.95. The van der Waals surface area contributed by atoms with Crippen molar-refractivity contribution in [3.63, 3.8) is 0 Å². The third kappa shape index (κ3) is 2.08. The number of benzene rings is 1. The van der Waals surface area contributed by atoms with E-state index in [0.717, 1.165) is 24.1 Å². The fourth-order valence-corrected chi connectivity index (χ4v) is 2.79. The predicted octanol–water partition coefficient (Wildman–Crippen LogP) is 1.28. The van der Waals surface area contributed by atoms with Gasteiger partial charge in [0.1, 0.15) is 12.1 Å². The fraction of sp³-hybridized carbons (Fsp3) is 0.267. The normalized spacial score (nSPS) is 14.4. The lowest BCUT2D eigenvalue weighted by Crippen LogP contribution is -2.39. The Morgan fingerprint density at radius 2 is 2.05 bits per heavy atom. The van der Waals surface area contributed by atoms with Crippen molar-refractivity contribution in [2.24, 2.45) is 0 Å². The Labute approximate surface area is 121 Å². The van der Waals surface area contributed by atoms with Gasteiger partial charge in [0.25, 0.3) is 0 Å². The number of hydrogen-bond donors (Lipinski definition) is 0. The minimum atomic E-state index is 0.0816. The molecule has 4 rings (SSSR count). The van der Waals surface area contributed by atoms with Gasteiger partial charge < -0.3 is 9.47 Å². The van der Waals surface area contributed by atoms with Crippen LogP contribution < -0.4 is 0 Å². The summed E-state index contributed by atoms with van der Waals surface area (Å²) in [5, 5.41) is 8.16. The van der Waals surface area contributed by atoms with Crippen LogP contribution in [0.4, 0.5) is 0 Å². The Balaban J connectivity index is 1.54. The van der Waals surface area contributed by atoms with Crippen molar-refractivity contribution in [2.45, 2.75) is 19.6 Å². The first kappa shape index (κ1) is 12.1. The molecule has 3 heterocycles. The molecule has 0 fully saturated rings. The van der Waals surface area contributed by atoms with Crippen molar-refractivity contribution in [3.05, 3.63) is 48.3 Å². The van der Waals surface area contributed by atoms with Gasteiger partial charge >= 0.3 is 0 Å². The second-order valence-electron chi connectivity index (χ2n) is 5.24. The van der Waals surface area contributed by atoms with E-state index in [-0.39, 0.29) is 12.5 Å². The summed E-state index contributed by atoms with van der Waals surface area (Å²) in [5.41, 5.74) is 2.89. The quantitative estimate of drug-likeness (QED) is 0.711. The maximum Gasteiger partial charge on any atom is 0.244 e. The number of carbonyl (C=O) groups excluding carboxylic acids is 1. The first-order valence-corrected chi connectivity index (χ1v) is 7.01. The zero-order valence-corrected chi connectivity index (χ0v) is 11.5. The summed E-state index contributed by atoms with van der Waals surface area (Å²) in [4.78, 5) is 14.3. The van der Waals surface area contributed by atoms with Gasteiger partial charge in [0.15, 0.2) is 0 Å². The molecule has 2 aromatic heterocycles. The van der Waals surface area contributed by atoms with Crippen molar-refractivity contribution in [3.8, 4) is 0 Å². The van der Waals surface area contributed by atoms with Crippen molar-refractivity contribution in [1.29, 1.82) is 0 Å². The molecule has 3 aromatic rings. The van der Waals surface area contributed by atoms with Crippen LogP contribution in [0.25, 0.3) is 11.0 Å². The van der Waals surface area contributed by atoms with E-state index in [1.807, 2.05) is 35.2 Å². The van der Waals surface area contributed by atoms with E-state index in [1.165, 1.54) is 5.69 Å². The van der Waals surface area contributed by atoms with E-state index in [1.54, 1.807) is 4.68 Å². The van der Waals surface area contributed by atoms with E-state index in [9.17, 15) is 4.79 Å². The standard InChI is InChI=1S/C15H15N5O/c21-15(19-9-8-18-7-3-4-12(18)10-19)11-20-14-6-2-1-5-13(14)16-17-20/h1-7H,8-11H2. The van der Waals surface area contributed by atoms with E-state index in [2.05, 4.69) is 27.1 Å². The maximum atomic E-state index is 12.5. The molecular weight excluding hydrogens is 266 g/mol. The molecule has 0 saturated carbocycles. The molecule has 0 saturated heterocycles. The van der Waals surface area contributed by atoms with E-state index in [0.29, 0.717) is 6.54 Å². The molecule has 0 aliphatic carbocycles. The van der Waals surface area contributed by atoms with Gasteiger partial charge in [0, 0.05) is 25.0 Å². The molecule has 0 spiro atoms. The summed E-state index contributed by atoms with van der Waals surface area (Å²) < 4.78 is 3.86. The monoisotopic (exact) mass is 281 g/mol. The second kappa shape index (κ2) is 4.73. The summed E-state index contributed by atoms with van der Waals surface area (Å²) in [7, 11) is 0. The topological polar surface area (TPSA) is 56.0 Å². The van der Waals surface area contributed by atoms with Gasteiger partial charge in [-0.2, -0.15) is 0 Å². The van der Waals surface area contributed by atoms with Crippen LogP contribution in [0.15, 0.2) is 42.6 Å². The molecule has 0 bridgehead atoms. The summed E-state index contributed by atoms with van der Waals surface area (Å²) in [5.74, 6) is 0.0816. The first-order valence-electron chi connectivity index (χ1n) is 7.01. The average molecular weight is 281 g/mol. The van der Waals surface area contributed by atoms with Gasteiger partial charge in [-0.1, -0.05) is 17.3 Å². The number of rotatable bonds is 2. The Morgan fingerprint density at radius 1 is 1.14 bits per heavy atom. The molecule has 6 heteroatoms. The van der Waals surface area contributed by atoms with Crippen LogP contribution in [0.5, 0.6) is 0 Å². The van der Waals surface area contributed by atoms with Crippen LogP contribution in [-0.4, -0.2) is 36.9 Å². The Morgan fingerprint density at radius 3 is 3.00 bits per heavy atom. The van der Waals surface area contributed by atoms with Crippen LogP contribution >= 0.6 is 0 Å². The molecular formula is C15H15N5O.